The van der Waals surface area contributed by atoms with Gasteiger partial charge in [-0.3, -0.25) is 5.41 Å². The highest BCUT2D eigenvalue weighted by atomic mass is 32.1. The second kappa shape index (κ2) is 13.3. The summed E-state index contributed by atoms with van der Waals surface area (Å²) in [6.07, 6.45) is 10.1. The minimum atomic E-state index is 0.0252. The largest absolute Gasteiger partial charge is 0.455 e. The van der Waals surface area contributed by atoms with Crippen molar-refractivity contribution in [3.8, 4) is 34.2 Å². The van der Waals surface area contributed by atoms with E-state index in [2.05, 4.69) is 49.6 Å². The molecule has 0 saturated carbocycles. The molecule has 4 aromatic carbocycles. The zero-order valence-corrected chi connectivity index (χ0v) is 28.0. The van der Waals surface area contributed by atoms with Crippen molar-refractivity contribution < 1.29 is 4.42 Å². The van der Waals surface area contributed by atoms with Gasteiger partial charge in [-0.1, -0.05) is 122 Å². The van der Waals surface area contributed by atoms with Gasteiger partial charge in [0.25, 0.3) is 0 Å². The second-order valence-electron chi connectivity index (χ2n) is 11.9. The number of hydrogen-bond donors (Lipinski definition) is 1. The molecule has 0 unspecified atom stereocenters. The molecule has 0 amide bonds. The summed E-state index contributed by atoms with van der Waals surface area (Å²) in [5, 5.41) is 11.1. The van der Waals surface area contributed by atoms with E-state index in [0.717, 1.165) is 62.0 Å². The lowest BCUT2D eigenvalue weighted by Crippen LogP contribution is -2.08. The number of benzene rings is 4. The number of amidine groups is 1. The van der Waals surface area contributed by atoms with Crippen LogP contribution >= 0.6 is 11.3 Å². The fourth-order valence-electron chi connectivity index (χ4n) is 6.06. The van der Waals surface area contributed by atoms with E-state index < -0.39 is 0 Å². The van der Waals surface area contributed by atoms with Crippen molar-refractivity contribution in [3.63, 3.8) is 0 Å². The lowest BCUT2D eigenvalue weighted by molar-refractivity contribution is 0.601. The molecule has 1 N–H and O–H groups in total. The van der Waals surface area contributed by atoms with Gasteiger partial charge in [-0.05, 0) is 48.1 Å². The first kappa shape index (κ1) is 31.0. The second-order valence-corrected chi connectivity index (χ2v) is 13.0. The number of allylic oxidation sites excluding steroid dienone is 4. The molecule has 0 bridgehead atoms. The van der Waals surface area contributed by atoms with Crippen molar-refractivity contribution in [2.75, 3.05) is 0 Å². The molecule has 8 rings (SSSR count). The van der Waals surface area contributed by atoms with Crippen LogP contribution in [0.1, 0.15) is 29.0 Å². The molecule has 3 aromatic heterocycles. The van der Waals surface area contributed by atoms with Crippen molar-refractivity contribution in [1.29, 1.82) is 5.41 Å². The molecule has 0 atom stereocenters. The molecule has 0 aliphatic heterocycles. The first-order valence-corrected chi connectivity index (χ1v) is 17.2. The smallest absolute Gasteiger partial charge is 0.164 e. The highest BCUT2D eigenvalue weighted by molar-refractivity contribution is 7.21. The van der Waals surface area contributed by atoms with Gasteiger partial charge in [-0.25, -0.2) is 19.9 Å². The number of rotatable bonds is 8. The van der Waals surface area contributed by atoms with Crippen molar-refractivity contribution in [2.24, 2.45) is 4.99 Å². The number of nitrogens with one attached hydrogen (secondary N) is 1. The highest BCUT2D eigenvalue weighted by Gasteiger charge is 2.21. The van der Waals surface area contributed by atoms with E-state index in [1.54, 1.807) is 17.4 Å². The maximum absolute atomic E-state index is 9.14. The lowest BCUT2D eigenvalue weighted by Gasteiger charge is -2.11. The van der Waals surface area contributed by atoms with Gasteiger partial charge in [0.05, 0.1) is 16.2 Å². The van der Waals surface area contributed by atoms with E-state index in [0.29, 0.717) is 34.4 Å². The number of furan rings is 1. The maximum atomic E-state index is 9.14. The quantitative estimate of drug-likeness (QED) is 0.129. The predicted octanol–water partition coefficient (Wildman–Crippen LogP) is 11.2. The fraction of sp³-hybridized carbons (Fsp3) is 0.0465. The molecule has 3 heterocycles. The molecule has 240 valence electrons. The van der Waals surface area contributed by atoms with Crippen molar-refractivity contribution in [1.82, 2.24) is 15.0 Å². The molecular formula is C43H31N5OS. The fourth-order valence-corrected chi connectivity index (χ4v) is 7.13. The SMILES string of the molecule is C=Cc1c(C(=C)C(=N)N=C(C2=CCCC=C2)c2cc3ccccc3s2)oc2cc(-c3nc(-c4ccccc4)nc(-c4ccccc4)n3)ccc12. The van der Waals surface area contributed by atoms with E-state index in [1.165, 1.54) is 4.70 Å². The van der Waals surface area contributed by atoms with Gasteiger partial charge < -0.3 is 4.42 Å². The molecule has 50 heavy (non-hydrogen) atoms. The van der Waals surface area contributed by atoms with Crippen LogP contribution in [0.5, 0.6) is 0 Å². The predicted molar refractivity (Wildman–Crippen MR) is 208 cm³/mol. The van der Waals surface area contributed by atoms with Crippen molar-refractivity contribution in [3.05, 3.63) is 162 Å². The topological polar surface area (TPSA) is 88.0 Å². The van der Waals surface area contributed by atoms with Crippen LogP contribution in [0.4, 0.5) is 0 Å². The number of aromatic nitrogens is 3. The molecule has 1 aliphatic carbocycles. The Morgan fingerprint density at radius 2 is 1.44 bits per heavy atom. The van der Waals surface area contributed by atoms with E-state index in [-0.39, 0.29) is 5.84 Å². The summed E-state index contributed by atoms with van der Waals surface area (Å²) in [6.45, 7) is 8.37. The molecule has 6 nitrogen and oxygen atoms in total. The summed E-state index contributed by atoms with van der Waals surface area (Å²) >= 11 is 1.67. The van der Waals surface area contributed by atoms with Crippen LogP contribution in [0.25, 0.3) is 66.9 Å². The van der Waals surface area contributed by atoms with E-state index >= 15 is 0 Å². The first-order chi connectivity index (χ1) is 24.6. The summed E-state index contributed by atoms with van der Waals surface area (Å²) in [5.41, 5.74) is 6.05. The first-order valence-electron chi connectivity index (χ1n) is 16.3. The minimum Gasteiger partial charge on any atom is -0.455 e. The average Bonchev–Trinajstić information content (AvgIpc) is 3.78. The van der Waals surface area contributed by atoms with Gasteiger partial charge in [0.2, 0.25) is 0 Å². The third kappa shape index (κ3) is 5.95. The van der Waals surface area contributed by atoms with Gasteiger partial charge in [0, 0.05) is 32.3 Å². The summed E-state index contributed by atoms with van der Waals surface area (Å²) < 4.78 is 7.64. The Labute approximate surface area is 293 Å². The number of aliphatic imine (C=N–C) groups is 1. The van der Waals surface area contributed by atoms with E-state index in [4.69, 9.17) is 29.8 Å². The zero-order chi connectivity index (χ0) is 34.0. The number of thiophene rings is 1. The Kier molecular flexibility index (Phi) is 8.24. The number of fused-ring (bicyclic) bond motifs is 2. The summed E-state index contributed by atoms with van der Waals surface area (Å²) in [7, 11) is 0. The minimum absolute atomic E-state index is 0.0252. The van der Waals surface area contributed by atoms with Crippen LogP contribution in [0.3, 0.4) is 0 Å². The zero-order valence-electron chi connectivity index (χ0n) is 27.1. The Bertz CT molecular complexity index is 2450. The van der Waals surface area contributed by atoms with Gasteiger partial charge >= 0.3 is 0 Å². The van der Waals surface area contributed by atoms with Crippen LogP contribution in [0, 0.1) is 5.41 Å². The Morgan fingerprint density at radius 3 is 2.08 bits per heavy atom. The molecule has 0 fully saturated rings. The Balaban J connectivity index is 1.19. The van der Waals surface area contributed by atoms with E-state index in [1.807, 2.05) is 91.0 Å². The van der Waals surface area contributed by atoms with Gasteiger partial charge in [0.1, 0.15) is 11.3 Å². The van der Waals surface area contributed by atoms with Gasteiger partial charge in [-0.2, -0.15) is 0 Å². The molecule has 7 heteroatoms. The Hall–Kier alpha value is -6.31. The van der Waals surface area contributed by atoms with Crippen molar-refractivity contribution in [2.45, 2.75) is 12.8 Å². The number of hydrogen-bond acceptors (Lipinski definition) is 6. The average molecular weight is 666 g/mol. The van der Waals surface area contributed by atoms with Crippen molar-refractivity contribution >= 4 is 55.6 Å². The third-order valence-electron chi connectivity index (χ3n) is 8.60. The van der Waals surface area contributed by atoms with Crippen LogP contribution < -0.4 is 0 Å². The van der Waals surface area contributed by atoms with Crippen LogP contribution in [0.2, 0.25) is 0 Å². The van der Waals surface area contributed by atoms with Crippen LogP contribution in [-0.4, -0.2) is 26.5 Å². The molecule has 0 spiro atoms. The molecule has 0 radical (unpaired) electrons. The van der Waals surface area contributed by atoms with Gasteiger partial charge in [0.15, 0.2) is 23.3 Å². The number of nitrogens with zero attached hydrogens (tertiary/aromatic N) is 4. The Morgan fingerprint density at radius 1 is 0.780 bits per heavy atom. The van der Waals surface area contributed by atoms with Crippen LogP contribution in [0.15, 0.2) is 156 Å². The summed E-state index contributed by atoms with van der Waals surface area (Å²) in [4.78, 5) is 20.5. The molecule has 1 aliphatic rings. The molecule has 0 saturated heterocycles. The molecule has 7 aromatic rings. The normalized spacial score (nSPS) is 13.0. The highest BCUT2D eigenvalue weighted by Crippen LogP contribution is 2.35. The summed E-state index contributed by atoms with van der Waals surface area (Å²) in [5.74, 6) is 2.17. The monoisotopic (exact) mass is 665 g/mol. The lowest BCUT2D eigenvalue weighted by atomic mass is 10.0. The molecular weight excluding hydrogens is 635 g/mol. The van der Waals surface area contributed by atoms with Gasteiger partial charge in [-0.15, -0.1) is 11.3 Å². The standard InChI is InChI=1S/C43H31N5OS/c1-3-33-34-24-23-32(43-47-41(29-17-9-5-10-18-29)46-42(48-43)30-19-11-6-12-20-30)25-35(34)49-39(33)27(2)40(44)45-38(28-15-7-4-8-16-28)37-26-31-21-13-14-22-36(31)50-37/h3,5-7,9-26,44H,1-2,4,8H2. The maximum Gasteiger partial charge on any atom is 0.164 e. The summed E-state index contributed by atoms with van der Waals surface area (Å²) in [6, 6.07) is 36.1. The third-order valence-corrected chi connectivity index (χ3v) is 9.72. The van der Waals surface area contributed by atoms with E-state index in [9.17, 15) is 0 Å². The van der Waals surface area contributed by atoms with Crippen LogP contribution in [-0.2, 0) is 0 Å².